The molecule has 18 heavy (non-hydrogen) atoms. The number of hydrogen-bond donors (Lipinski definition) is 1. The van der Waals surface area contributed by atoms with E-state index in [1.165, 1.54) is 12.1 Å². The van der Waals surface area contributed by atoms with Crippen LogP contribution >= 0.6 is 27.5 Å². The lowest BCUT2D eigenvalue weighted by molar-refractivity contribution is 0.192. The molecule has 1 N–H and O–H groups in total. The van der Waals surface area contributed by atoms with E-state index in [0.717, 1.165) is 10.7 Å². The highest BCUT2D eigenvalue weighted by molar-refractivity contribution is 9.08. The van der Waals surface area contributed by atoms with Crippen molar-refractivity contribution in [3.8, 4) is 11.3 Å². The van der Waals surface area contributed by atoms with Crippen LogP contribution in [0, 0.1) is 5.82 Å². The Labute approximate surface area is 115 Å². The van der Waals surface area contributed by atoms with Crippen LogP contribution in [0.3, 0.4) is 0 Å². The molecule has 1 aromatic heterocycles. The quantitative estimate of drug-likeness (QED) is 0.851. The summed E-state index contributed by atoms with van der Waals surface area (Å²) < 4.78 is 13.8. The molecule has 0 spiro atoms. The van der Waals surface area contributed by atoms with Crippen molar-refractivity contribution in [1.29, 1.82) is 0 Å². The minimum Gasteiger partial charge on any atom is -0.463 e. The third-order valence-corrected chi connectivity index (χ3v) is 3.20. The first-order chi connectivity index (χ1) is 8.52. The van der Waals surface area contributed by atoms with Crippen LogP contribution in [-0.4, -0.2) is 21.0 Å². The molecule has 94 valence electrons. The Morgan fingerprint density at radius 2 is 2.22 bits per heavy atom. The van der Waals surface area contributed by atoms with Gasteiger partial charge in [0.25, 0.3) is 0 Å². The Kier molecular flexibility index (Phi) is 3.68. The first-order valence-corrected chi connectivity index (χ1v) is 6.36. The van der Waals surface area contributed by atoms with E-state index in [1.807, 2.05) is 0 Å². The van der Waals surface area contributed by atoms with Crippen LogP contribution in [0.4, 0.5) is 9.18 Å². The van der Waals surface area contributed by atoms with E-state index in [0.29, 0.717) is 22.3 Å². The zero-order chi connectivity index (χ0) is 13.3. The van der Waals surface area contributed by atoms with Crippen LogP contribution < -0.4 is 0 Å². The first kappa shape index (κ1) is 13.0. The molecule has 0 saturated heterocycles. The maximum Gasteiger partial charge on any atom is 0.432 e. The van der Waals surface area contributed by atoms with Gasteiger partial charge >= 0.3 is 6.09 Å². The van der Waals surface area contributed by atoms with Gasteiger partial charge in [-0.25, -0.2) is 9.18 Å². The average molecular weight is 334 g/mol. The molecule has 7 heteroatoms. The van der Waals surface area contributed by atoms with Gasteiger partial charge in [0.05, 0.1) is 16.4 Å². The van der Waals surface area contributed by atoms with Crippen molar-refractivity contribution in [3.63, 3.8) is 0 Å². The van der Waals surface area contributed by atoms with Gasteiger partial charge in [-0.2, -0.15) is 9.78 Å². The normalized spacial score (nSPS) is 10.6. The van der Waals surface area contributed by atoms with Gasteiger partial charge in [0.15, 0.2) is 0 Å². The monoisotopic (exact) mass is 332 g/mol. The van der Waals surface area contributed by atoms with Crippen molar-refractivity contribution < 1.29 is 14.3 Å². The van der Waals surface area contributed by atoms with Crippen molar-refractivity contribution in [2.75, 3.05) is 0 Å². The lowest BCUT2D eigenvalue weighted by atomic mass is 10.1. The number of halogens is 3. The summed E-state index contributed by atoms with van der Waals surface area (Å²) in [4.78, 5) is 11.0. The minimum atomic E-state index is -1.19. The van der Waals surface area contributed by atoms with Gasteiger partial charge in [0.1, 0.15) is 5.82 Å². The Morgan fingerprint density at radius 1 is 1.50 bits per heavy atom. The molecule has 0 bridgehead atoms. The zero-order valence-electron chi connectivity index (χ0n) is 8.90. The number of hydrogen-bond acceptors (Lipinski definition) is 2. The number of nitrogens with zero attached hydrogens (tertiary/aromatic N) is 2. The molecule has 0 unspecified atom stereocenters. The number of alkyl halides is 1. The second kappa shape index (κ2) is 5.07. The molecule has 0 atom stereocenters. The molecule has 4 nitrogen and oxygen atoms in total. The minimum absolute atomic E-state index is 0.186. The first-order valence-electron chi connectivity index (χ1n) is 4.86. The summed E-state index contributed by atoms with van der Waals surface area (Å²) in [7, 11) is 0. The van der Waals surface area contributed by atoms with E-state index in [2.05, 4.69) is 21.0 Å². The lowest BCUT2D eigenvalue weighted by Gasteiger charge is -1.99. The molecular formula is C11H7BrClFN2O2. The Morgan fingerprint density at radius 3 is 2.72 bits per heavy atom. The smallest absolute Gasteiger partial charge is 0.432 e. The van der Waals surface area contributed by atoms with Crippen LogP contribution in [0.5, 0.6) is 0 Å². The van der Waals surface area contributed by atoms with E-state index < -0.39 is 11.9 Å². The molecule has 1 heterocycles. The van der Waals surface area contributed by atoms with E-state index >= 15 is 0 Å². The highest BCUT2D eigenvalue weighted by Gasteiger charge is 2.15. The molecule has 0 saturated carbocycles. The van der Waals surface area contributed by atoms with Crippen LogP contribution in [0.2, 0.25) is 5.02 Å². The maximum atomic E-state index is 12.9. The molecule has 0 aliphatic heterocycles. The van der Waals surface area contributed by atoms with Crippen molar-refractivity contribution in [2.24, 2.45) is 0 Å². The van der Waals surface area contributed by atoms with Gasteiger partial charge in [-0.1, -0.05) is 27.5 Å². The van der Waals surface area contributed by atoms with Gasteiger partial charge < -0.3 is 5.11 Å². The largest absolute Gasteiger partial charge is 0.463 e. The van der Waals surface area contributed by atoms with Crippen LogP contribution in [0.15, 0.2) is 24.3 Å². The fraction of sp³-hybridized carbons (Fsp3) is 0.0909. The fourth-order valence-electron chi connectivity index (χ4n) is 1.51. The van der Waals surface area contributed by atoms with Crippen molar-refractivity contribution in [1.82, 2.24) is 9.78 Å². The predicted octanol–water partition coefficient (Wildman–Crippen LogP) is 3.76. The average Bonchev–Trinajstić information content (AvgIpc) is 2.73. The summed E-state index contributed by atoms with van der Waals surface area (Å²) >= 11 is 9.08. The van der Waals surface area contributed by atoms with E-state index in [9.17, 15) is 9.18 Å². The molecule has 0 radical (unpaired) electrons. The maximum absolute atomic E-state index is 12.9. The van der Waals surface area contributed by atoms with Crippen LogP contribution in [0.1, 0.15) is 5.69 Å². The van der Waals surface area contributed by atoms with Crippen LogP contribution in [-0.2, 0) is 5.33 Å². The van der Waals surface area contributed by atoms with Crippen molar-refractivity contribution >= 4 is 33.6 Å². The molecule has 0 amide bonds. The Balaban J connectivity index is 2.54. The van der Waals surface area contributed by atoms with E-state index in [-0.39, 0.29) is 5.02 Å². The third-order valence-electron chi connectivity index (χ3n) is 2.31. The standard InChI is InChI=1S/C11H7BrClFN2O2/c12-5-7-4-10(15-16(7)11(17)18)8-2-1-6(14)3-9(8)13/h1-4H,5H2,(H,17,18). The second-order valence-corrected chi connectivity index (χ2v) is 4.44. The Hall–Kier alpha value is -1.40. The molecule has 1 aromatic carbocycles. The van der Waals surface area contributed by atoms with Gasteiger partial charge in [-0.15, -0.1) is 0 Å². The van der Waals surface area contributed by atoms with Gasteiger partial charge in [0, 0.05) is 10.9 Å². The predicted molar refractivity (Wildman–Crippen MR) is 68.7 cm³/mol. The highest BCUT2D eigenvalue weighted by atomic mass is 79.9. The van der Waals surface area contributed by atoms with Crippen molar-refractivity contribution in [3.05, 3.63) is 40.8 Å². The van der Waals surface area contributed by atoms with Crippen LogP contribution in [0.25, 0.3) is 11.3 Å². The van der Waals surface area contributed by atoms with Crippen molar-refractivity contribution in [2.45, 2.75) is 5.33 Å². The Bertz CT molecular complexity index is 615. The summed E-state index contributed by atoms with van der Waals surface area (Å²) in [6, 6.07) is 5.45. The number of carboxylic acid groups (broad SMARTS) is 1. The summed E-state index contributed by atoms with van der Waals surface area (Å²) in [6.45, 7) is 0. The summed E-state index contributed by atoms with van der Waals surface area (Å²) in [5, 5.41) is 13.4. The fourth-order valence-corrected chi connectivity index (χ4v) is 2.17. The topological polar surface area (TPSA) is 55.1 Å². The zero-order valence-corrected chi connectivity index (χ0v) is 11.2. The third kappa shape index (κ3) is 2.39. The summed E-state index contributed by atoms with van der Waals surface area (Å²) in [5.74, 6) is -0.456. The number of carbonyl (C=O) groups is 1. The van der Waals surface area contributed by atoms with Gasteiger partial charge in [-0.05, 0) is 24.3 Å². The number of benzene rings is 1. The molecule has 2 aromatic rings. The number of rotatable bonds is 2. The second-order valence-electron chi connectivity index (χ2n) is 3.47. The van der Waals surface area contributed by atoms with Gasteiger partial charge in [-0.3, -0.25) is 0 Å². The molecule has 0 fully saturated rings. The molecule has 0 aliphatic rings. The number of aromatic nitrogens is 2. The highest BCUT2D eigenvalue weighted by Crippen LogP contribution is 2.28. The summed E-state index contributed by atoms with van der Waals surface area (Å²) in [5.41, 5.74) is 1.34. The molecular weight excluding hydrogens is 326 g/mol. The van der Waals surface area contributed by atoms with E-state index in [1.54, 1.807) is 6.07 Å². The van der Waals surface area contributed by atoms with E-state index in [4.69, 9.17) is 16.7 Å². The lowest BCUT2D eigenvalue weighted by Crippen LogP contribution is -2.12. The molecule has 0 aliphatic carbocycles. The van der Waals surface area contributed by atoms with Gasteiger partial charge in [0.2, 0.25) is 0 Å². The molecule has 2 rings (SSSR count). The SMILES string of the molecule is O=C(O)n1nc(-c2ccc(F)cc2Cl)cc1CBr. The summed E-state index contributed by atoms with van der Waals surface area (Å²) in [6.07, 6.45) is -1.19.